The molecule has 0 spiro atoms. The number of ether oxygens (including phenoxy) is 1. The smallest absolute Gasteiger partial charge is 0.246 e. The molecule has 1 saturated heterocycles. The van der Waals surface area contributed by atoms with E-state index in [2.05, 4.69) is 38.6 Å². The van der Waals surface area contributed by atoms with Crippen LogP contribution in [0, 0.1) is 23.5 Å². The molecule has 4 aromatic rings. The number of nitrogen functional groups attached to an aromatic ring is 1. The van der Waals surface area contributed by atoms with Gasteiger partial charge in [0.2, 0.25) is 5.91 Å². The Morgan fingerprint density at radius 2 is 2.17 bits per heavy atom. The van der Waals surface area contributed by atoms with Gasteiger partial charge in [0.25, 0.3) is 0 Å². The number of halogens is 2. The molecule has 1 aliphatic rings. The van der Waals surface area contributed by atoms with Crippen molar-refractivity contribution < 1.29 is 18.3 Å². The van der Waals surface area contributed by atoms with Crippen molar-refractivity contribution in [3.63, 3.8) is 0 Å². The Morgan fingerprint density at radius 3 is 2.92 bits per heavy atom. The number of hydrogen-bond donors (Lipinski definition) is 1. The summed E-state index contributed by atoms with van der Waals surface area (Å²) in [4.78, 5) is 22.4. The van der Waals surface area contributed by atoms with E-state index in [-0.39, 0.29) is 34.9 Å². The third kappa shape index (κ3) is 3.74. The lowest BCUT2D eigenvalue weighted by Gasteiger charge is -2.22. The van der Waals surface area contributed by atoms with Gasteiger partial charge in [0.1, 0.15) is 23.7 Å². The predicted molar refractivity (Wildman–Crippen MR) is 128 cm³/mol. The van der Waals surface area contributed by atoms with Crippen LogP contribution in [0.1, 0.15) is 23.7 Å². The first kappa shape index (κ1) is 23.4. The first-order valence-corrected chi connectivity index (χ1v) is 11.1. The van der Waals surface area contributed by atoms with E-state index in [0.29, 0.717) is 36.1 Å². The number of nitrogens with zero attached hydrogens (tertiary/aromatic N) is 7. The molecule has 36 heavy (non-hydrogen) atoms. The zero-order chi connectivity index (χ0) is 25.6. The summed E-state index contributed by atoms with van der Waals surface area (Å²) < 4.78 is 38.1. The van der Waals surface area contributed by atoms with Crippen molar-refractivity contribution in [1.29, 1.82) is 0 Å². The highest BCUT2D eigenvalue weighted by Gasteiger charge is 2.37. The lowest BCUT2D eigenvalue weighted by atomic mass is 10.1. The molecule has 0 unspecified atom stereocenters. The highest BCUT2D eigenvalue weighted by molar-refractivity contribution is 5.91. The van der Waals surface area contributed by atoms with Gasteiger partial charge in [0, 0.05) is 26.8 Å². The minimum Gasteiger partial charge on any atom is -0.383 e. The Hall–Kier alpha value is -4.37. The number of anilines is 1. The number of hydrogen-bond acceptors (Lipinski definition) is 7. The maximum absolute atomic E-state index is 15.0. The molecular weight excluding hydrogens is 470 g/mol. The Balaban J connectivity index is 1.59. The van der Waals surface area contributed by atoms with E-state index in [1.54, 1.807) is 23.7 Å². The van der Waals surface area contributed by atoms with Crippen molar-refractivity contribution in [3.8, 4) is 11.8 Å². The first-order chi connectivity index (χ1) is 17.3. The van der Waals surface area contributed by atoms with Crippen LogP contribution < -0.4 is 5.73 Å². The fourth-order valence-electron chi connectivity index (χ4n) is 4.60. The molecule has 2 atom stereocenters. The van der Waals surface area contributed by atoms with Crippen LogP contribution in [0.3, 0.4) is 0 Å². The quantitative estimate of drug-likeness (QED) is 0.342. The number of carbonyl (C=O) groups is 1. The average molecular weight is 492 g/mol. The van der Waals surface area contributed by atoms with Crippen LogP contribution in [0.4, 0.5) is 14.6 Å². The number of rotatable bonds is 4. The number of carbonyl (C=O) groups excluding carboxylic acids is 1. The molecule has 0 aliphatic carbocycles. The molecule has 1 fully saturated rings. The summed E-state index contributed by atoms with van der Waals surface area (Å²) in [6.07, 6.45) is 4.42. The Kier molecular flexibility index (Phi) is 5.85. The zero-order valence-electron chi connectivity index (χ0n) is 19.6. The maximum Gasteiger partial charge on any atom is 0.246 e. The number of nitrogens with two attached hydrogens (primary N) is 1. The van der Waals surface area contributed by atoms with E-state index in [9.17, 15) is 9.18 Å². The van der Waals surface area contributed by atoms with E-state index in [1.165, 1.54) is 29.3 Å². The molecule has 0 radical (unpaired) electrons. The standard InChI is InChI=1S/C24H22F2N8O2/c1-4-20(35)33-10-13(7-14(33)11-36-3)34-24-21(23(27)28-12-29-24)18(31-34)6-5-15-17(25)8-19-16(22(15)26)9-30-32(19)2/h4,8-9,12-14H,1,7,10-11H2,2-3H3,(H2,27,28,29)/t13-,14+/m0/s1. The molecule has 1 amide bonds. The van der Waals surface area contributed by atoms with Crippen LogP contribution in [-0.4, -0.2) is 66.6 Å². The van der Waals surface area contributed by atoms with Crippen molar-refractivity contribution in [1.82, 2.24) is 34.4 Å². The molecule has 2 N–H and O–H groups in total. The average Bonchev–Trinajstić information content (AvgIpc) is 3.55. The van der Waals surface area contributed by atoms with E-state index in [4.69, 9.17) is 10.5 Å². The summed E-state index contributed by atoms with van der Waals surface area (Å²) >= 11 is 0. The lowest BCUT2D eigenvalue weighted by molar-refractivity contribution is -0.127. The van der Waals surface area contributed by atoms with Gasteiger partial charge in [-0.3, -0.25) is 9.48 Å². The molecule has 12 heteroatoms. The Bertz CT molecular complexity index is 1580. The number of methoxy groups -OCH3 is 1. The van der Waals surface area contributed by atoms with Gasteiger partial charge in [-0.1, -0.05) is 12.5 Å². The topological polar surface area (TPSA) is 117 Å². The number of amides is 1. The summed E-state index contributed by atoms with van der Waals surface area (Å²) in [5.41, 5.74) is 6.60. The van der Waals surface area contributed by atoms with Crippen molar-refractivity contribution >= 4 is 33.7 Å². The third-order valence-electron chi connectivity index (χ3n) is 6.32. The van der Waals surface area contributed by atoms with Crippen LogP contribution >= 0.6 is 0 Å². The number of benzene rings is 1. The molecule has 184 valence electrons. The molecule has 4 heterocycles. The fourth-order valence-corrected chi connectivity index (χ4v) is 4.60. The SMILES string of the molecule is C=CC(=O)N1C[C@@H](n2nc(C#Cc3c(F)cc4c(cnn4C)c3F)c3c(N)ncnc32)C[C@@H]1COC. The summed E-state index contributed by atoms with van der Waals surface area (Å²) in [6.45, 7) is 4.26. The van der Waals surface area contributed by atoms with Gasteiger partial charge in [-0.15, -0.1) is 0 Å². The van der Waals surface area contributed by atoms with Crippen LogP contribution in [-0.2, 0) is 16.6 Å². The van der Waals surface area contributed by atoms with E-state index >= 15 is 4.39 Å². The predicted octanol–water partition coefficient (Wildman–Crippen LogP) is 1.95. The van der Waals surface area contributed by atoms with Crippen LogP contribution in [0.5, 0.6) is 0 Å². The lowest BCUT2D eigenvalue weighted by Crippen LogP contribution is -2.37. The van der Waals surface area contributed by atoms with Crippen molar-refractivity contribution in [2.24, 2.45) is 7.05 Å². The van der Waals surface area contributed by atoms with Gasteiger partial charge >= 0.3 is 0 Å². The van der Waals surface area contributed by atoms with Gasteiger partial charge in [0.15, 0.2) is 11.5 Å². The molecule has 5 rings (SSSR count). The van der Waals surface area contributed by atoms with Gasteiger partial charge in [-0.25, -0.2) is 23.4 Å². The first-order valence-electron chi connectivity index (χ1n) is 11.1. The molecule has 0 bridgehead atoms. The zero-order valence-corrected chi connectivity index (χ0v) is 19.6. The molecule has 0 saturated carbocycles. The molecule has 3 aromatic heterocycles. The molecule has 10 nitrogen and oxygen atoms in total. The summed E-state index contributed by atoms with van der Waals surface area (Å²) in [5.74, 6) is 3.60. The van der Waals surface area contributed by atoms with Crippen molar-refractivity contribution in [2.75, 3.05) is 26.0 Å². The fraction of sp³-hybridized carbons (Fsp3) is 0.292. The largest absolute Gasteiger partial charge is 0.383 e. The van der Waals surface area contributed by atoms with Gasteiger partial charge in [0.05, 0.1) is 46.7 Å². The number of aromatic nitrogens is 6. The van der Waals surface area contributed by atoms with Gasteiger partial charge in [-0.2, -0.15) is 10.2 Å². The highest BCUT2D eigenvalue weighted by atomic mass is 19.1. The van der Waals surface area contributed by atoms with Crippen LogP contribution in [0.25, 0.3) is 21.9 Å². The van der Waals surface area contributed by atoms with Crippen molar-refractivity contribution in [2.45, 2.75) is 18.5 Å². The maximum atomic E-state index is 15.0. The highest BCUT2D eigenvalue weighted by Crippen LogP contribution is 2.32. The van der Waals surface area contributed by atoms with Crippen molar-refractivity contribution in [3.05, 3.63) is 54.1 Å². The second kappa shape index (κ2) is 9.01. The van der Waals surface area contributed by atoms with Crippen LogP contribution in [0.2, 0.25) is 0 Å². The minimum atomic E-state index is -0.819. The van der Waals surface area contributed by atoms with E-state index < -0.39 is 17.2 Å². The van der Waals surface area contributed by atoms with Gasteiger partial charge < -0.3 is 15.4 Å². The second-order valence-corrected chi connectivity index (χ2v) is 8.44. The van der Waals surface area contributed by atoms with Crippen LogP contribution in [0.15, 0.2) is 31.2 Å². The third-order valence-corrected chi connectivity index (χ3v) is 6.32. The number of aryl methyl sites for hydroxylation is 1. The van der Waals surface area contributed by atoms with Gasteiger partial charge in [-0.05, 0) is 18.4 Å². The minimum absolute atomic E-state index is 0.129. The number of likely N-dealkylation sites (tertiary alicyclic amines) is 1. The van der Waals surface area contributed by atoms with E-state index in [0.717, 1.165) is 0 Å². The Labute approximate surface area is 204 Å². The molecule has 1 aliphatic heterocycles. The molecule has 1 aromatic carbocycles. The number of fused-ring (bicyclic) bond motifs is 2. The normalized spacial score (nSPS) is 17.5. The monoisotopic (exact) mass is 492 g/mol. The molecular formula is C24H22F2N8O2. The Morgan fingerprint density at radius 1 is 1.36 bits per heavy atom. The second-order valence-electron chi connectivity index (χ2n) is 8.44. The summed E-state index contributed by atoms with van der Waals surface area (Å²) in [7, 11) is 3.16. The van der Waals surface area contributed by atoms with E-state index in [1.807, 2.05) is 0 Å². The summed E-state index contributed by atoms with van der Waals surface area (Å²) in [6, 6.07) is 0.734. The summed E-state index contributed by atoms with van der Waals surface area (Å²) in [5, 5.41) is 9.07.